The Morgan fingerprint density at radius 2 is 2.00 bits per heavy atom. The number of carbonyl (C=O) groups is 1. The van der Waals surface area contributed by atoms with Gasteiger partial charge in [0.25, 0.3) is 0 Å². The summed E-state index contributed by atoms with van der Waals surface area (Å²) in [7, 11) is 1.57. The van der Waals surface area contributed by atoms with Gasteiger partial charge in [0.15, 0.2) is 0 Å². The SMILES string of the molecule is CCC(NC(=O)COCCOC)c1ccc(F)cc1. The Bertz CT molecular complexity index is 381. The molecule has 1 amide bonds. The average molecular weight is 269 g/mol. The Morgan fingerprint density at radius 3 is 2.58 bits per heavy atom. The molecule has 0 aromatic heterocycles. The van der Waals surface area contributed by atoms with Gasteiger partial charge in [-0.3, -0.25) is 4.79 Å². The molecule has 1 aromatic carbocycles. The first-order valence-electron chi connectivity index (χ1n) is 6.29. The number of rotatable bonds is 8. The Morgan fingerprint density at radius 1 is 1.32 bits per heavy atom. The molecule has 0 heterocycles. The van der Waals surface area contributed by atoms with E-state index >= 15 is 0 Å². The van der Waals surface area contributed by atoms with Gasteiger partial charge >= 0.3 is 0 Å². The van der Waals surface area contributed by atoms with Crippen LogP contribution in [0.3, 0.4) is 0 Å². The van der Waals surface area contributed by atoms with Crippen LogP contribution in [0.4, 0.5) is 4.39 Å². The summed E-state index contributed by atoms with van der Waals surface area (Å²) in [6.45, 7) is 2.81. The van der Waals surface area contributed by atoms with Crippen LogP contribution in [0.5, 0.6) is 0 Å². The van der Waals surface area contributed by atoms with Crippen molar-refractivity contribution in [2.24, 2.45) is 0 Å². The molecule has 1 rings (SSSR count). The molecule has 0 saturated heterocycles. The van der Waals surface area contributed by atoms with Gasteiger partial charge in [0.05, 0.1) is 19.3 Å². The van der Waals surface area contributed by atoms with Crippen LogP contribution in [0.1, 0.15) is 24.9 Å². The highest BCUT2D eigenvalue weighted by Crippen LogP contribution is 2.16. The van der Waals surface area contributed by atoms with Gasteiger partial charge in [-0.2, -0.15) is 0 Å². The van der Waals surface area contributed by atoms with E-state index in [4.69, 9.17) is 9.47 Å². The van der Waals surface area contributed by atoms with Gasteiger partial charge in [-0.25, -0.2) is 4.39 Å². The zero-order chi connectivity index (χ0) is 14.1. The number of ether oxygens (including phenoxy) is 2. The average Bonchev–Trinajstić information content (AvgIpc) is 2.42. The van der Waals surface area contributed by atoms with E-state index in [1.165, 1.54) is 12.1 Å². The zero-order valence-corrected chi connectivity index (χ0v) is 11.3. The van der Waals surface area contributed by atoms with E-state index in [0.29, 0.717) is 13.2 Å². The molecule has 1 N–H and O–H groups in total. The Kier molecular flexibility index (Phi) is 7.07. The first-order chi connectivity index (χ1) is 9.17. The van der Waals surface area contributed by atoms with Gasteiger partial charge in [0.2, 0.25) is 5.91 Å². The van der Waals surface area contributed by atoms with Crippen LogP contribution in [0.15, 0.2) is 24.3 Å². The summed E-state index contributed by atoms with van der Waals surface area (Å²) in [4.78, 5) is 11.7. The highest BCUT2D eigenvalue weighted by Gasteiger charge is 2.12. The number of benzene rings is 1. The molecule has 0 spiro atoms. The first kappa shape index (κ1) is 15.6. The summed E-state index contributed by atoms with van der Waals surface area (Å²) in [6, 6.07) is 6.00. The molecule has 0 radical (unpaired) electrons. The summed E-state index contributed by atoms with van der Waals surface area (Å²) < 4.78 is 22.8. The quantitative estimate of drug-likeness (QED) is 0.735. The largest absolute Gasteiger partial charge is 0.382 e. The lowest BCUT2D eigenvalue weighted by Crippen LogP contribution is -2.31. The molecular weight excluding hydrogens is 249 g/mol. The van der Waals surface area contributed by atoms with Crippen LogP contribution in [-0.4, -0.2) is 32.8 Å². The van der Waals surface area contributed by atoms with Gasteiger partial charge in [-0.1, -0.05) is 19.1 Å². The van der Waals surface area contributed by atoms with Crippen LogP contribution in [0.2, 0.25) is 0 Å². The van der Waals surface area contributed by atoms with Crippen LogP contribution in [0.25, 0.3) is 0 Å². The minimum absolute atomic E-state index is 0.00105. The van der Waals surface area contributed by atoms with Crippen molar-refractivity contribution >= 4 is 5.91 Å². The van der Waals surface area contributed by atoms with Gasteiger partial charge in [-0.05, 0) is 24.1 Å². The fourth-order valence-corrected chi connectivity index (χ4v) is 1.66. The van der Waals surface area contributed by atoms with E-state index in [2.05, 4.69) is 5.32 Å². The maximum absolute atomic E-state index is 12.8. The minimum atomic E-state index is -0.284. The van der Waals surface area contributed by atoms with Gasteiger partial charge < -0.3 is 14.8 Å². The summed E-state index contributed by atoms with van der Waals surface area (Å²) in [6.07, 6.45) is 0.732. The summed E-state index contributed by atoms with van der Waals surface area (Å²) in [5.74, 6) is -0.472. The molecule has 0 aliphatic heterocycles. The second-order valence-corrected chi connectivity index (χ2v) is 4.13. The molecule has 19 heavy (non-hydrogen) atoms. The number of halogens is 1. The maximum Gasteiger partial charge on any atom is 0.246 e. The Hall–Kier alpha value is -1.46. The Balaban J connectivity index is 2.43. The lowest BCUT2D eigenvalue weighted by Gasteiger charge is -2.17. The van der Waals surface area contributed by atoms with Crippen molar-refractivity contribution in [2.45, 2.75) is 19.4 Å². The van der Waals surface area contributed by atoms with Crippen LogP contribution >= 0.6 is 0 Å². The second-order valence-electron chi connectivity index (χ2n) is 4.13. The number of carbonyl (C=O) groups excluding carboxylic acids is 1. The smallest absolute Gasteiger partial charge is 0.246 e. The molecule has 1 aromatic rings. The van der Waals surface area contributed by atoms with Crippen molar-refractivity contribution in [3.63, 3.8) is 0 Å². The van der Waals surface area contributed by atoms with Gasteiger partial charge in [-0.15, -0.1) is 0 Å². The number of hydrogen-bond donors (Lipinski definition) is 1. The maximum atomic E-state index is 12.8. The number of amides is 1. The zero-order valence-electron chi connectivity index (χ0n) is 11.3. The van der Waals surface area contributed by atoms with Crippen LogP contribution in [0, 0.1) is 5.82 Å². The molecule has 106 valence electrons. The molecular formula is C14H20FNO3. The van der Waals surface area contributed by atoms with Crippen molar-refractivity contribution in [3.05, 3.63) is 35.6 Å². The van der Waals surface area contributed by atoms with Crippen molar-refractivity contribution in [2.75, 3.05) is 26.9 Å². The number of nitrogens with one attached hydrogen (secondary N) is 1. The second kappa shape index (κ2) is 8.61. The summed E-state index contributed by atoms with van der Waals surface area (Å²) in [5.41, 5.74) is 0.883. The predicted octanol–water partition coefficient (Wildman–Crippen LogP) is 2.06. The molecule has 4 nitrogen and oxygen atoms in total. The standard InChI is InChI=1S/C14H20FNO3/c1-3-13(11-4-6-12(15)7-5-11)16-14(17)10-19-9-8-18-2/h4-7,13H,3,8-10H2,1-2H3,(H,16,17). The molecule has 0 bridgehead atoms. The molecule has 0 fully saturated rings. The van der Waals surface area contributed by atoms with Crippen molar-refractivity contribution < 1.29 is 18.7 Å². The van der Waals surface area contributed by atoms with Crippen molar-refractivity contribution in [1.29, 1.82) is 0 Å². The van der Waals surface area contributed by atoms with Crippen molar-refractivity contribution in [3.8, 4) is 0 Å². The normalized spacial score (nSPS) is 12.2. The molecule has 0 saturated carbocycles. The lowest BCUT2D eigenvalue weighted by atomic mass is 10.0. The molecule has 1 atom stereocenters. The van der Waals surface area contributed by atoms with E-state index in [0.717, 1.165) is 12.0 Å². The third-order valence-corrected chi connectivity index (χ3v) is 2.68. The van der Waals surface area contributed by atoms with E-state index in [-0.39, 0.29) is 24.4 Å². The number of methoxy groups -OCH3 is 1. The van der Waals surface area contributed by atoms with Crippen molar-refractivity contribution in [1.82, 2.24) is 5.32 Å². The minimum Gasteiger partial charge on any atom is -0.382 e. The van der Waals surface area contributed by atoms with Gasteiger partial charge in [0, 0.05) is 7.11 Å². The molecule has 1 unspecified atom stereocenters. The predicted molar refractivity (Wildman–Crippen MR) is 70.3 cm³/mol. The third kappa shape index (κ3) is 5.81. The molecule has 0 aliphatic carbocycles. The summed E-state index contributed by atoms with van der Waals surface area (Å²) >= 11 is 0. The third-order valence-electron chi connectivity index (χ3n) is 2.68. The Labute approximate surface area is 112 Å². The monoisotopic (exact) mass is 269 g/mol. The van der Waals surface area contributed by atoms with E-state index in [1.807, 2.05) is 6.92 Å². The number of hydrogen-bond acceptors (Lipinski definition) is 3. The fourth-order valence-electron chi connectivity index (χ4n) is 1.66. The van der Waals surface area contributed by atoms with E-state index in [1.54, 1.807) is 19.2 Å². The summed E-state index contributed by atoms with van der Waals surface area (Å²) in [5, 5.41) is 2.85. The topological polar surface area (TPSA) is 47.6 Å². The lowest BCUT2D eigenvalue weighted by molar-refractivity contribution is -0.126. The first-order valence-corrected chi connectivity index (χ1v) is 6.29. The van der Waals surface area contributed by atoms with E-state index < -0.39 is 0 Å². The highest BCUT2D eigenvalue weighted by atomic mass is 19.1. The molecule has 5 heteroatoms. The van der Waals surface area contributed by atoms with Crippen LogP contribution < -0.4 is 5.32 Å². The van der Waals surface area contributed by atoms with Crippen LogP contribution in [-0.2, 0) is 14.3 Å². The van der Waals surface area contributed by atoms with Gasteiger partial charge in [0.1, 0.15) is 12.4 Å². The molecule has 0 aliphatic rings. The van der Waals surface area contributed by atoms with E-state index in [9.17, 15) is 9.18 Å². The highest BCUT2D eigenvalue weighted by molar-refractivity contribution is 5.77. The fraction of sp³-hybridized carbons (Fsp3) is 0.500.